The lowest BCUT2D eigenvalue weighted by Crippen LogP contribution is -1.94. The van der Waals surface area contributed by atoms with Crippen LogP contribution >= 0.6 is 0 Å². The molecule has 0 fully saturated rings. The van der Waals surface area contributed by atoms with E-state index < -0.39 is 11.3 Å². The maximum Gasteiger partial charge on any atom is 0.390 e. The summed E-state index contributed by atoms with van der Waals surface area (Å²) in [7, 11) is 0. The Balaban J connectivity index is 2.97. The van der Waals surface area contributed by atoms with Gasteiger partial charge in [-0.1, -0.05) is 0 Å². The molecule has 0 radical (unpaired) electrons. The SMILES string of the molecule is O=c1c#cc(=O)oc2ccc(cc2)o1. The minimum Gasteiger partial charge on any atom is -0.417 e. The highest BCUT2D eigenvalue weighted by Gasteiger charge is 1.88. The summed E-state index contributed by atoms with van der Waals surface area (Å²) in [5.74, 6) is 0. The van der Waals surface area contributed by atoms with E-state index in [4.69, 9.17) is 8.83 Å². The molecule has 0 aliphatic heterocycles. The summed E-state index contributed by atoms with van der Waals surface area (Å²) in [6.07, 6.45) is 0. The van der Waals surface area contributed by atoms with Crippen LogP contribution in [-0.2, 0) is 0 Å². The number of hydrogen-bond donors (Lipinski definition) is 0. The number of hydrogen-bond acceptors (Lipinski definition) is 4. The summed E-state index contributed by atoms with van der Waals surface area (Å²) in [6.45, 7) is 0. The quantitative estimate of drug-likeness (QED) is 0.616. The molecule has 0 saturated heterocycles. The van der Waals surface area contributed by atoms with E-state index in [1.54, 1.807) is 0 Å². The molecule has 0 N–H and O–H groups in total. The van der Waals surface area contributed by atoms with Gasteiger partial charge in [0, 0.05) is 12.1 Å². The maximum atomic E-state index is 10.9. The predicted octanol–water partition coefficient (Wildman–Crippen LogP) is 0.909. The molecule has 0 amide bonds. The zero-order chi connectivity index (χ0) is 9.97. The summed E-state index contributed by atoms with van der Waals surface area (Å²) in [4.78, 5) is 21.9. The average Bonchev–Trinajstić information content (AvgIpc) is 2.18. The van der Waals surface area contributed by atoms with E-state index in [0.717, 1.165) is 0 Å². The predicted molar refractivity (Wildman–Crippen MR) is 47.5 cm³/mol. The van der Waals surface area contributed by atoms with E-state index in [2.05, 4.69) is 0 Å². The van der Waals surface area contributed by atoms with E-state index in [1.165, 1.54) is 24.3 Å². The van der Waals surface area contributed by atoms with Gasteiger partial charge in [-0.05, 0) is 24.3 Å². The van der Waals surface area contributed by atoms with Crippen molar-refractivity contribution in [3.63, 3.8) is 0 Å². The van der Waals surface area contributed by atoms with E-state index in [1.807, 2.05) is 12.1 Å². The fourth-order valence-corrected chi connectivity index (χ4v) is 0.943. The van der Waals surface area contributed by atoms with Crippen molar-refractivity contribution >= 4 is 11.2 Å². The lowest BCUT2D eigenvalue weighted by molar-refractivity contribution is 0.547. The van der Waals surface area contributed by atoms with Gasteiger partial charge < -0.3 is 8.83 Å². The Kier molecular flexibility index (Phi) is 1.92. The highest BCUT2D eigenvalue weighted by atomic mass is 16.4. The topological polar surface area (TPSA) is 60.4 Å². The first kappa shape index (κ1) is 8.32. The lowest BCUT2D eigenvalue weighted by Gasteiger charge is -1.85. The zero-order valence-corrected chi connectivity index (χ0v) is 6.94. The van der Waals surface area contributed by atoms with E-state index in [9.17, 15) is 9.59 Å². The molecule has 2 bridgehead atoms. The summed E-state index contributed by atoms with van der Waals surface area (Å²) in [5, 5.41) is 0. The molecule has 14 heavy (non-hydrogen) atoms. The van der Waals surface area contributed by atoms with Crippen LogP contribution in [0.15, 0.2) is 42.7 Å². The second-order valence-electron chi connectivity index (χ2n) is 2.50. The molecule has 3 aromatic rings. The third kappa shape index (κ3) is 1.72. The molecule has 68 valence electrons. The van der Waals surface area contributed by atoms with Crippen molar-refractivity contribution in [1.82, 2.24) is 0 Å². The van der Waals surface area contributed by atoms with Gasteiger partial charge in [0.1, 0.15) is 11.2 Å². The number of rotatable bonds is 0. The summed E-state index contributed by atoms with van der Waals surface area (Å²) >= 11 is 0. The third-order valence-electron chi connectivity index (χ3n) is 1.51. The zero-order valence-electron chi connectivity index (χ0n) is 6.94. The van der Waals surface area contributed by atoms with Crippen LogP contribution in [0.1, 0.15) is 0 Å². The van der Waals surface area contributed by atoms with E-state index in [-0.39, 0.29) is 0 Å². The first-order chi connectivity index (χ1) is 6.74. The summed E-state index contributed by atoms with van der Waals surface area (Å²) in [5.41, 5.74) is -0.829. The molecule has 0 spiro atoms. The molecule has 4 nitrogen and oxygen atoms in total. The van der Waals surface area contributed by atoms with Crippen LogP contribution in [0.5, 0.6) is 0 Å². The maximum absolute atomic E-state index is 10.9. The van der Waals surface area contributed by atoms with Gasteiger partial charge in [0.2, 0.25) is 0 Å². The van der Waals surface area contributed by atoms with Crippen molar-refractivity contribution in [2.24, 2.45) is 0 Å². The molecular weight excluding hydrogens is 184 g/mol. The van der Waals surface area contributed by atoms with Crippen LogP contribution in [-0.4, -0.2) is 0 Å². The minimum absolute atomic E-state index is 0.367. The van der Waals surface area contributed by atoms with Gasteiger partial charge in [-0.15, -0.1) is 0 Å². The Hall–Kier alpha value is -2.28. The molecule has 2 aromatic heterocycles. The van der Waals surface area contributed by atoms with Crippen molar-refractivity contribution < 1.29 is 8.83 Å². The first-order valence-corrected chi connectivity index (χ1v) is 3.80. The number of benzene rings is 1. The van der Waals surface area contributed by atoms with Crippen molar-refractivity contribution in [2.75, 3.05) is 0 Å². The largest absolute Gasteiger partial charge is 0.417 e. The molecular formula is C10H4O4. The molecule has 0 saturated carbocycles. The van der Waals surface area contributed by atoms with Gasteiger partial charge in [0.25, 0.3) is 0 Å². The normalized spacial score (nSPS) is 9.43. The second-order valence-corrected chi connectivity index (χ2v) is 2.50. The Morgan fingerprint density at radius 3 is 1.50 bits per heavy atom. The molecule has 4 heteroatoms. The molecule has 0 unspecified atom stereocenters. The molecule has 0 aliphatic carbocycles. The van der Waals surface area contributed by atoms with Crippen molar-refractivity contribution in [1.29, 1.82) is 0 Å². The van der Waals surface area contributed by atoms with E-state index in [0.29, 0.717) is 11.2 Å². The number of fused-ring (bicyclic) bond motifs is 6. The Morgan fingerprint density at radius 2 is 1.14 bits per heavy atom. The fraction of sp³-hybridized carbons (Fsp3) is 0. The lowest BCUT2D eigenvalue weighted by atomic mass is 10.3. The smallest absolute Gasteiger partial charge is 0.390 e. The molecule has 0 aliphatic rings. The van der Waals surface area contributed by atoms with Crippen LogP contribution < -0.4 is 11.3 Å². The van der Waals surface area contributed by atoms with Crippen LogP contribution in [0.25, 0.3) is 11.2 Å². The Labute approximate surface area is 78.1 Å². The van der Waals surface area contributed by atoms with Crippen LogP contribution in [0.3, 0.4) is 0 Å². The van der Waals surface area contributed by atoms with Gasteiger partial charge in [-0.3, -0.25) is 0 Å². The molecule has 3 rings (SSSR count). The highest BCUT2D eigenvalue weighted by Crippen LogP contribution is 2.02. The Morgan fingerprint density at radius 1 is 0.786 bits per heavy atom. The monoisotopic (exact) mass is 188 g/mol. The van der Waals surface area contributed by atoms with Gasteiger partial charge in [-0.2, -0.15) is 0 Å². The first-order valence-electron chi connectivity index (χ1n) is 3.80. The van der Waals surface area contributed by atoms with Gasteiger partial charge in [0.05, 0.1) is 0 Å². The van der Waals surface area contributed by atoms with Crippen molar-refractivity contribution in [3.05, 3.63) is 57.2 Å². The standard InChI is InChI=1S/C10H4O4/c11-9-5-6-10(12)14-8-2-1-7(13-9)3-4-8/h1-4H. The summed E-state index contributed by atoms with van der Waals surface area (Å²) < 4.78 is 9.54. The van der Waals surface area contributed by atoms with Crippen LogP contribution in [0.4, 0.5) is 0 Å². The highest BCUT2D eigenvalue weighted by molar-refractivity contribution is 5.51. The third-order valence-corrected chi connectivity index (χ3v) is 1.51. The van der Waals surface area contributed by atoms with Gasteiger partial charge >= 0.3 is 11.3 Å². The van der Waals surface area contributed by atoms with Crippen molar-refractivity contribution in [2.45, 2.75) is 0 Å². The minimum atomic E-state index is -0.781. The molecule has 0 atom stereocenters. The average molecular weight is 188 g/mol. The van der Waals surface area contributed by atoms with E-state index >= 15 is 0 Å². The van der Waals surface area contributed by atoms with Crippen LogP contribution in [0, 0.1) is 12.1 Å². The molecule has 2 heterocycles. The second kappa shape index (κ2) is 3.23. The summed E-state index contributed by atoms with van der Waals surface area (Å²) in [6, 6.07) is 10.1. The van der Waals surface area contributed by atoms with Crippen LogP contribution in [0.2, 0.25) is 0 Å². The van der Waals surface area contributed by atoms with Gasteiger partial charge in [0.15, 0.2) is 0 Å². The fourth-order valence-electron chi connectivity index (χ4n) is 0.943. The Bertz CT molecular complexity index is 518. The van der Waals surface area contributed by atoms with Gasteiger partial charge in [-0.25, -0.2) is 9.59 Å². The van der Waals surface area contributed by atoms with Crippen molar-refractivity contribution in [3.8, 4) is 0 Å². The molecule has 1 aromatic carbocycles.